The van der Waals surface area contributed by atoms with E-state index in [1.807, 2.05) is 65.8 Å². The van der Waals surface area contributed by atoms with E-state index in [9.17, 15) is 19.2 Å². The summed E-state index contributed by atoms with van der Waals surface area (Å²) in [5.41, 5.74) is 9.67. The van der Waals surface area contributed by atoms with Crippen molar-refractivity contribution in [2.24, 2.45) is 0 Å². The largest absolute Gasteiger partial charge is 0.348 e. The summed E-state index contributed by atoms with van der Waals surface area (Å²) >= 11 is 7.09. The summed E-state index contributed by atoms with van der Waals surface area (Å²) in [6.07, 6.45) is 6.23. The van der Waals surface area contributed by atoms with Crippen molar-refractivity contribution in [1.82, 2.24) is 29.7 Å². The van der Waals surface area contributed by atoms with Gasteiger partial charge in [0.2, 0.25) is 0 Å². The smallest absolute Gasteiger partial charge is 0.253 e. The lowest BCUT2D eigenvalue weighted by atomic mass is 10.1. The van der Waals surface area contributed by atoms with Crippen molar-refractivity contribution in [2.75, 3.05) is 0 Å². The Kier molecular flexibility index (Phi) is 13.4. The average Bonchev–Trinajstić information content (AvgIpc) is 3.64. The molecule has 2 amide bonds. The molecule has 296 valence electrons. The van der Waals surface area contributed by atoms with Crippen LogP contribution in [0.3, 0.4) is 0 Å². The molecule has 0 aliphatic heterocycles. The number of amides is 2. The number of benzene rings is 2. The van der Waals surface area contributed by atoms with Crippen LogP contribution in [0.25, 0.3) is 21.8 Å². The molecule has 0 saturated heterocycles. The second-order valence-corrected chi connectivity index (χ2v) is 16.7. The Balaban J connectivity index is 0.000000214. The van der Waals surface area contributed by atoms with E-state index in [0.717, 1.165) is 77.2 Å². The van der Waals surface area contributed by atoms with Gasteiger partial charge in [-0.25, -0.2) is 0 Å². The third-order valence-corrected chi connectivity index (χ3v) is 11.6. The van der Waals surface area contributed by atoms with Gasteiger partial charge in [-0.15, -0.1) is 0 Å². The van der Waals surface area contributed by atoms with E-state index >= 15 is 0 Å². The Labute approximate surface area is 344 Å². The number of nitrogens with zero attached hydrogens (tertiary/aromatic N) is 2. The first-order valence-electron chi connectivity index (χ1n) is 19.0. The van der Waals surface area contributed by atoms with E-state index in [0.29, 0.717) is 34.3 Å². The van der Waals surface area contributed by atoms with Gasteiger partial charge in [0.05, 0.1) is 22.2 Å². The van der Waals surface area contributed by atoms with Gasteiger partial charge in [-0.2, -0.15) is 0 Å². The molecule has 56 heavy (non-hydrogen) atoms. The number of hydrogen-bond donors (Lipinski definition) is 4. The van der Waals surface area contributed by atoms with Crippen LogP contribution in [0.2, 0.25) is 0 Å². The fourth-order valence-electron chi connectivity index (χ4n) is 7.32. The van der Waals surface area contributed by atoms with Gasteiger partial charge in [0.15, 0.2) is 0 Å². The van der Waals surface area contributed by atoms with E-state index < -0.39 is 0 Å². The molecule has 0 fully saturated rings. The van der Waals surface area contributed by atoms with E-state index in [-0.39, 0.29) is 36.0 Å². The first-order chi connectivity index (χ1) is 26.4. The molecule has 0 radical (unpaired) electrons. The topological polar surface area (TPSA) is 134 Å². The maximum atomic E-state index is 13.0. The second-order valence-electron chi connectivity index (χ2n) is 14.9. The number of fused-ring (bicyclic) bond motifs is 2. The Morgan fingerprint density at radius 3 is 1.29 bits per heavy atom. The van der Waals surface area contributed by atoms with Gasteiger partial charge < -0.3 is 29.7 Å². The van der Waals surface area contributed by atoms with Crippen molar-refractivity contribution in [3.8, 4) is 0 Å². The predicted molar refractivity (Wildman–Crippen MR) is 234 cm³/mol. The molecule has 0 aliphatic rings. The van der Waals surface area contributed by atoms with E-state index in [2.05, 4.69) is 114 Å². The number of aromatic nitrogens is 4. The Morgan fingerprint density at radius 2 is 0.964 bits per heavy atom. The first kappa shape index (κ1) is 42.5. The number of halogens is 2. The van der Waals surface area contributed by atoms with Crippen molar-refractivity contribution < 1.29 is 9.59 Å². The quantitative estimate of drug-likeness (QED) is 0.109. The normalized spacial score (nSPS) is 12.4. The molecular formula is C44H52Br2N6O4. The summed E-state index contributed by atoms with van der Waals surface area (Å²) in [7, 11) is 0. The maximum Gasteiger partial charge on any atom is 0.253 e. The maximum absolute atomic E-state index is 13.0. The summed E-state index contributed by atoms with van der Waals surface area (Å²) in [5, 5.41) is 7.76. The number of carbonyl (C=O) groups is 2. The Bertz CT molecular complexity index is 2400. The zero-order chi connectivity index (χ0) is 41.2. The van der Waals surface area contributed by atoms with Crippen LogP contribution in [0, 0.1) is 41.5 Å². The van der Waals surface area contributed by atoms with Crippen molar-refractivity contribution >= 4 is 65.5 Å². The lowest BCUT2D eigenvalue weighted by Gasteiger charge is -2.14. The van der Waals surface area contributed by atoms with E-state index in [1.165, 1.54) is 0 Å². The number of carbonyl (C=O) groups excluding carboxylic acids is 2. The fourth-order valence-corrected chi connectivity index (χ4v) is 8.21. The number of pyridine rings is 2. The van der Waals surface area contributed by atoms with Gasteiger partial charge in [0.25, 0.3) is 22.9 Å². The van der Waals surface area contributed by atoms with Gasteiger partial charge >= 0.3 is 0 Å². The molecule has 0 saturated carbocycles. The lowest BCUT2D eigenvalue weighted by molar-refractivity contribution is 0.0944. The molecule has 12 heteroatoms. The third kappa shape index (κ3) is 8.97. The highest BCUT2D eigenvalue weighted by atomic mass is 79.9. The zero-order valence-corrected chi connectivity index (χ0v) is 37.1. The first-order valence-corrected chi connectivity index (χ1v) is 20.6. The highest BCUT2D eigenvalue weighted by Gasteiger charge is 2.21. The molecule has 0 bridgehead atoms. The fraction of sp³-hybridized carbons (Fsp3) is 0.364. The molecule has 0 spiro atoms. The van der Waals surface area contributed by atoms with Crippen LogP contribution in [0.4, 0.5) is 0 Å². The van der Waals surface area contributed by atoms with Crippen molar-refractivity contribution in [2.45, 2.75) is 107 Å². The average molecular weight is 889 g/mol. The molecule has 2 atom stereocenters. The van der Waals surface area contributed by atoms with Crippen molar-refractivity contribution in [3.63, 3.8) is 0 Å². The Hall–Kier alpha value is -4.68. The van der Waals surface area contributed by atoms with Gasteiger partial charge in [-0.1, -0.05) is 45.7 Å². The van der Waals surface area contributed by atoms with Crippen LogP contribution in [-0.4, -0.2) is 30.9 Å². The lowest BCUT2D eigenvalue weighted by Crippen LogP contribution is -2.28. The summed E-state index contributed by atoms with van der Waals surface area (Å²) in [6, 6.07) is 12.3. The zero-order valence-electron chi connectivity index (χ0n) is 33.9. The minimum absolute atomic E-state index is 0.156. The minimum Gasteiger partial charge on any atom is -0.348 e. The molecule has 4 N–H and O–H groups in total. The summed E-state index contributed by atoms with van der Waals surface area (Å²) < 4.78 is 6.16. The molecule has 2 aromatic carbocycles. The van der Waals surface area contributed by atoms with E-state index in [1.54, 1.807) is 0 Å². The SMILES string of the molecule is CC[C@@H](C)n1cc(C)c2c(C(=O)NCc3c(C)cc(C)[nH]c3=O)cc(Br)cc21.CC[C@H](C)n1cc(C)c2c(C(=O)NCc3c(C)cc(C)[nH]c3=O)cc(Br)cc21. The standard InChI is InChI=1S/2C22H26BrN3O2/c2*1-6-15(5)26-11-13(3)20-17(8-16(23)9-19(20)26)21(27)24-10-18-12(2)7-14(4)25-22(18)28/h2*7-9,11,15H,6,10H2,1-5H3,(H,24,27)(H,25,28)/t2*15-/m10/s1. The third-order valence-electron chi connectivity index (χ3n) is 10.6. The minimum atomic E-state index is -0.185. The van der Waals surface area contributed by atoms with Crippen LogP contribution < -0.4 is 21.8 Å². The highest BCUT2D eigenvalue weighted by Crippen LogP contribution is 2.33. The number of hydrogen-bond acceptors (Lipinski definition) is 4. The van der Waals surface area contributed by atoms with Crippen LogP contribution in [0.5, 0.6) is 0 Å². The Morgan fingerprint density at radius 1 is 0.607 bits per heavy atom. The molecule has 0 aliphatic carbocycles. The van der Waals surface area contributed by atoms with Gasteiger partial charge in [-0.05, 0) is 127 Å². The molecule has 6 rings (SSSR count). The molecule has 0 unspecified atom stereocenters. The summed E-state index contributed by atoms with van der Waals surface area (Å²) in [5.74, 6) is -0.369. The molecule has 4 aromatic heterocycles. The van der Waals surface area contributed by atoms with Crippen molar-refractivity contribution in [3.05, 3.63) is 134 Å². The van der Waals surface area contributed by atoms with Gasteiger partial charge in [-0.3, -0.25) is 19.2 Å². The number of nitrogens with one attached hydrogen (secondary N) is 4. The number of aryl methyl sites for hydroxylation is 6. The molecule has 10 nitrogen and oxygen atoms in total. The molecule has 6 aromatic rings. The predicted octanol–water partition coefficient (Wildman–Crippen LogP) is 9.84. The van der Waals surface area contributed by atoms with Crippen LogP contribution >= 0.6 is 31.9 Å². The van der Waals surface area contributed by atoms with Crippen molar-refractivity contribution in [1.29, 1.82) is 0 Å². The summed E-state index contributed by atoms with van der Waals surface area (Å²) in [4.78, 5) is 56.1. The van der Waals surface area contributed by atoms with Crippen LogP contribution in [-0.2, 0) is 13.1 Å². The monoisotopic (exact) mass is 886 g/mol. The molecular weight excluding hydrogens is 836 g/mol. The van der Waals surface area contributed by atoms with Crippen LogP contribution in [0.15, 0.2) is 67.3 Å². The molecule has 4 heterocycles. The highest BCUT2D eigenvalue weighted by molar-refractivity contribution is 9.10. The van der Waals surface area contributed by atoms with Gasteiger partial charge in [0.1, 0.15) is 0 Å². The second kappa shape index (κ2) is 17.6. The van der Waals surface area contributed by atoms with E-state index in [4.69, 9.17) is 0 Å². The van der Waals surface area contributed by atoms with Crippen LogP contribution in [0.1, 0.15) is 118 Å². The van der Waals surface area contributed by atoms with Gasteiger partial charge in [0, 0.05) is 79.8 Å². The number of H-pyrrole nitrogens is 2. The summed E-state index contributed by atoms with van der Waals surface area (Å²) in [6.45, 7) is 20.6. The number of rotatable bonds is 10. The number of aromatic amines is 2.